The Bertz CT molecular complexity index is 892. The van der Waals surface area contributed by atoms with E-state index in [2.05, 4.69) is 48.6 Å². The smallest absolute Gasteiger partial charge is 0.168 e. The first kappa shape index (κ1) is 15.0. The van der Waals surface area contributed by atoms with E-state index in [0.29, 0.717) is 5.02 Å². The second-order valence-electron chi connectivity index (χ2n) is 6.06. The van der Waals surface area contributed by atoms with Gasteiger partial charge in [-0.2, -0.15) is 0 Å². The third kappa shape index (κ3) is 2.51. The molecule has 0 radical (unpaired) electrons. The Morgan fingerprint density at radius 2 is 1.75 bits per heavy atom. The molecule has 2 aromatic carbocycles. The third-order valence-electron chi connectivity index (χ3n) is 4.44. The lowest BCUT2D eigenvalue weighted by Crippen LogP contribution is -2.29. The van der Waals surface area contributed by atoms with E-state index in [0.717, 1.165) is 22.7 Å². The van der Waals surface area contributed by atoms with E-state index in [1.807, 2.05) is 41.9 Å². The zero-order chi connectivity index (χ0) is 16.7. The molecule has 1 aliphatic rings. The predicted molar refractivity (Wildman–Crippen MR) is 95.8 cm³/mol. The molecule has 1 atom stereocenters. The summed E-state index contributed by atoms with van der Waals surface area (Å²) in [6.07, 6.45) is 4.13. The molecule has 0 saturated heterocycles. The molecular weight excluding hydrogens is 320 g/mol. The van der Waals surface area contributed by atoms with Crippen molar-refractivity contribution in [1.29, 1.82) is 0 Å². The molecule has 1 aliphatic heterocycles. The minimum Gasteiger partial charge on any atom is -0.455 e. The Morgan fingerprint density at radius 1 is 1.00 bits per heavy atom. The molecule has 0 bridgehead atoms. The lowest BCUT2D eigenvalue weighted by Gasteiger charge is -2.29. The van der Waals surface area contributed by atoms with Crippen LogP contribution in [0.4, 0.5) is 5.69 Å². The van der Waals surface area contributed by atoms with Gasteiger partial charge in [-0.05, 0) is 29.8 Å². The lowest BCUT2D eigenvalue weighted by atomic mass is 9.97. The van der Waals surface area contributed by atoms with E-state index in [1.54, 1.807) is 0 Å². The van der Waals surface area contributed by atoms with Gasteiger partial charge >= 0.3 is 0 Å². The number of rotatable bonds is 1. The molecule has 120 valence electrons. The Morgan fingerprint density at radius 3 is 2.54 bits per heavy atom. The first-order chi connectivity index (χ1) is 11.6. The van der Waals surface area contributed by atoms with Gasteiger partial charge in [-0.15, -0.1) is 0 Å². The molecule has 24 heavy (non-hydrogen) atoms. The second-order valence-corrected chi connectivity index (χ2v) is 6.50. The van der Waals surface area contributed by atoms with Gasteiger partial charge in [0.15, 0.2) is 18.1 Å². The summed E-state index contributed by atoms with van der Waals surface area (Å²) in [4.78, 5) is 2.22. The van der Waals surface area contributed by atoms with Crippen LogP contribution < -0.4 is 14.2 Å². The van der Waals surface area contributed by atoms with Crippen molar-refractivity contribution in [3.63, 3.8) is 0 Å². The van der Waals surface area contributed by atoms with Crippen LogP contribution in [-0.2, 0) is 7.05 Å². The van der Waals surface area contributed by atoms with Crippen molar-refractivity contribution in [3.8, 4) is 11.5 Å². The topological polar surface area (TPSA) is 16.4 Å². The number of aryl methyl sites for hydroxylation is 1. The Balaban J connectivity index is 1.94. The minimum atomic E-state index is 0.0575. The number of hydrogen-bond acceptors (Lipinski definition) is 2. The summed E-state index contributed by atoms with van der Waals surface area (Å²) in [5.74, 6) is 1.70. The molecule has 4 rings (SSSR count). The van der Waals surface area contributed by atoms with Crippen molar-refractivity contribution in [1.82, 2.24) is 0 Å². The van der Waals surface area contributed by atoms with E-state index >= 15 is 0 Å². The molecule has 3 nitrogen and oxygen atoms in total. The molecule has 0 N–H and O–H groups in total. The van der Waals surface area contributed by atoms with Crippen LogP contribution in [0.15, 0.2) is 67.0 Å². The average molecular weight is 338 g/mol. The molecular formula is C20H18ClN2O+. The van der Waals surface area contributed by atoms with Gasteiger partial charge in [0, 0.05) is 29.8 Å². The van der Waals surface area contributed by atoms with Crippen molar-refractivity contribution in [2.45, 2.75) is 6.04 Å². The Labute approximate surface area is 146 Å². The van der Waals surface area contributed by atoms with Gasteiger partial charge in [0.25, 0.3) is 0 Å². The molecule has 0 fully saturated rings. The largest absolute Gasteiger partial charge is 0.455 e. The van der Waals surface area contributed by atoms with E-state index in [9.17, 15) is 0 Å². The highest BCUT2D eigenvalue weighted by Crippen LogP contribution is 2.46. The highest BCUT2D eigenvalue weighted by Gasteiger charge is 2.29. The van der Waals surface area contributed by atoms with Crippen LogP contribution in [0.5, 0.6) is 11.5 Å². The summed E-state index contributed by atoms with van der Waals surface area (Å²) in [6.45, 7) is 0. The molecule has 0 aliphatic carbocycles. The Kier molecular flexibility index (Phi) is 3.66. The number of halogens is 1. The van der Waals surface area contributed by atoms with Crippen LogP contribution in [0.25, 0.3) is 0 Å². The summed E-state index contributed by atoms with van der Waals surface area (Å²) in [7, 11) is 4.10. The van der Waals surface area contributed by atoms with Gasteiger partial charge in [0.05, 0.1) is 11.7 Å². The Hall–Kier alpha value is -2.52. The van der Waals surface area contributed by atoms with Gasteiger partial charge < -0.3 is 9.64 Å². The van der Waals surface area contributed by atoms with Crippen molar-refractivity contribution in [2.24, 2.45) is 7.05 Å². The molecule has 1 unspecified atom stereocenters. The summed E-state index contributed by atoms with van der Waals surface area (Å²) in [6, 6.07) is 18.3. The first-order valence-corrected chi connectivity index (χ1v) is 8.25. The summed E-state index contributed by atoms with van der Waals surface area (Å²) in [5, 5.41) is 0.702. The second kappa shape index (κ2) is 5.84. The summed E-state index contributed by atoms with van der Waals surface area (Å²) >= 11 is 6.24. The molecule has 0 amide bonds. The van der Waals surface area contributed by atoms with E-state index in [1.165, 1.54) is 5.56 Å². The molecule has 1 aromatic heterocycles. The third-order valence-corrected chi connectivity index (χ3v) is 4.68. The van der Waals surface area contributed by atoms with Crippen molar-refractivity contribution in [3.05, 3.63) is 83.1 Å². The number of pyridine rings is 1. The number of nitrogens with zero attached hydrogens (tertiary/aromatic N) is 2. The number of hydrogen-bond donors (Lipinski definition) is 0. The number of anilines is 1. The summed E-state index contributed by atoms with van der Waals surface area (Å²) < 4.78 is 8.23. The van der Waals surface area contributed by atoms with Crippen LogP contribution in [0.1, 0.15) is 17.2 Å². The van der Waals surface area contributed by atoms with Gasteiger partial charge in [-0.1, -0.05) is 29.8 Å². The molecule has 2 heterocycles. The SMILES string of the molecule is CN1c2cc(Cl)ccc2Oc2ccccc2C1c1cc[n+](C)cc1. The van der Waals surface area contributed by atoms with Crippen LogP contribution in [0.3, 0.4) is 0 Å². The number of ether oxygens (including phenoxy) is 1. The van der Waals surface area contributed by atoms with E-state index in [4.69, 9.17) is 16.3 Å². The lowest BCUT2D eigenvalue weighted by molar-refractivity contribution is -0.671. The predicted octanol–water partition coefficient (Wildman–Crippen LogP) is 4.50. The zero-order valence-electron chi connectivity index (χ0n) is 13.6. The number of aromatic nitrogens is 1. The maximum absolute atomic E-state index is 6.24. The van der Waals surface area contributed by atoms with Gasteiger partial charge in [0.2, 0.25) is 0 Å². The molecule has 3 aromatic rings. The van der Waals surface area contributed by atoms with Crippen molar-refractivity contribution in [2.75, 3.05) is 11.9 Å². The monoisotopic (exact) mass is 337 g/mol. The molecule has 4 heteroatoms. The van der Waals surface area contributed by atoms with Gasteiger partial charge in [-0.25, -0.2) is 4.57 Å². The molecule has 0 saturated carbocycles. The van der Waals surface area contributed by atoms with Crippen LogP contribution in [0, 0.1) is 0 Å². The fraction of sp³-hybridized carbons (Fsp3) is 0.150. The quantitative estimate of drug-likeness (QED) is 0.608. The number of para-hydroxylation sites is 1. The van der Waals surface area contributed by atoms with Crippen LogP contribution in [0.2, 0.25) is 5.02 Å². The van der Waals surface area contributed by atoms with Gasteiger partial charge in [0.1, 0.15) is 12.8 Å². The van der Waals surface area contributed by atoms with E-state index in [-0.39, 0.29) is 6.04 Å². The highest BCUT2D eigenvalue weighted by atomic mass is 35.5. The fourth-order valence-electron chi connectivity index (χ4n) is 3.22. The summed E-state index contributed by atoms with van der Waals surface area (Å²) in [5.41, 5.74) is 3.33. The fourth-order valence-corrected chi connectivity index (χ4v) is 3.38. The van der Waals surface area contributed by atoms with Crippen molar-refractivity contribution >= 4 is 17.3 Å². The van der Waals surface area contributed by atoms with Crippen LogP contribution in [-0.4, -0.2) is 7.05 Å². The molecule has 0 spiro atoms. The maximum Gasteiger partial charge on any atom is 0.168 e. The van der Waals surface area contributed by atoms with E-state index < -0.39 is 0 Å². The zero-order valence-corrected chi connectivity index (χ0v) is 14.4. The number of fused-ring (bicyclic) bond motifs is 2. The van der Waals surface area contributed by atoms with Crippen molar-refractivity contribution < 1.29 is 9.30 Å². The highest BCUT2D eigenvalue weighted by molar-refractivity contribution is 6.31. The average Bonchev–Trinajstić information content (AvgIpc) is 2.70. The normalized spacial score (nSPS) is 16.0. The standard InChI is InChI=1S/C20H18ClN2O/c1-22-11-9-14(10-12-22)20-16-5-3-4-6-18(16)24-19-8-7-15(21)13-17(19)23(20)2/h3-13,20H,1-2H3/q+1. The number of benzene rings is 2. The first-order valence-electron chi connectivity index (χ1n) is 7.88. The van der Waals surface area contributed by atoms with Gasteiger partial charge in [-0.3, -0.25) is 0 Å². The minimum absolute atomic E-state index is 0.0575. The maximum atomic E-state index is 6.24. The van der Waals surface area contributed by atoms with Crippen LogP contribution >= 0.6 is 11.6 Å².